The number of aliphatic imine (C=N–C) groups is 4. The van der Waals surface area contributed by atoms with E-state index in [0.29, 0.717) is 84.6 Å². The molecule has 7 aliphatic heterocycles. The molecule has 24 nitrogen and oxygen atoms in total. The van der Waals surface area contributed by atoms with Crippen LogP contribution in [0.25, 0.3) is 5.52 Å². The number of carbonyl (C=O) groups excluding carboxylic acids is 2. The van der Waals surface area contributed by atoms with Crippen LogP contribution in [0, 0.1) is 34.0 Å². The van der Waals surface area contributed by atoms with E-state index in [4.69, 9.17) is 22.2 Å². The van der Waals surface area contributed by atoms with Gasteiger partial charge in [0.25, 0.3) is 5.56 Å². The highest BCUT2D eigenvalue weighted by atomic mass is 16.2. The van der Waals surface area contributed by atoms with Gasteiger partial charge in [-0.2, -0.15) is 30.9 Å². The first-order valence-corrected chi connectivity index (χ1v) is 26.7. The van der Waals surface area contributed by atoms with Gasteiger partial charge in [-0.15, -0.1) is 9.73 Å². The summed E-state index contributed by atoms with van der Waals surface area (Å²) in [5.74, 6) is 2.63. The molecule has 3 atom stereocenters. The summed E-state index contributed by atoms with van der Waals surface area (Å²) >= 11 is 0. The lowest BCUT2D eigenvalue weighted by atomic mass is 10.1. The number of benzene rings is 3. The van der Waals surface area contributed by atoms with Crippen LogP contribution in [0.1, 0.15) is 71.9 Å². The Kier molecular flexibility index (Phi) is 16.4. The molecule has 24 heteroatoms. The third kappa shape index (κ3) is 11.7. The Labute approximate surface area is 462 Å². The van der Waals surface area contributed by atoms with E-state index < -0.39 is 0 Å². The molecule has 4 amide bonds. The van der Waals surface area contributed by atoms with Crippen LogP contribution >= 0.6 is 0 Å². The third-order valence-electron chi connectivity index (χ3n) is 14.6. The smallest absolute Gasteiger partial charge is 0.334 e. The molecule has 9 heterocycles. The summed E-state index contributed by atoms with van der Waals surface area (Å²) in [4.78, 5) is 69.9. The Balaban J connectivity index is 0.000000135. The number of anilines is 1. The summed E-state index contributed by atoms with van der Waals surface area (Å²) in [5.41, 5.74) is 22.7. The first kappa shape index (κ1) is 53.8. The molecule has 0 spiro atoms. The molecule has 0 radical (unpaired) electrons. The maximum Gasteiger partial charge on any atom is 0.334 e. The minimum Gasteiger partial charge on any atom is -0.341 e. The van der Waals surface area contributed by atoms with Gasteiger partial charge in [-0.1, -0.05) is 54.6 Å². The van der Waals surface area contributed by atoms with E-state index in [0.717, 1.165) is 74.8 Å². The van der Waals surface area contributed by atoms with Crippen molar-refractivity contribution < 1.29 is 9.59 Å². The number of hydrogen-bond acceptors (Lipinski definition) is 18. The lowest BCUT2D eigenvalue weighted by Gasteiger charge is -2.42. The van der Waals surface area contributed by atoms with E-state index in [1.807, 2.05) is 65.6 Å². The summed E-state index contributed by atoms with van der Waals surface area (Å²) in [7, 11) is 0. The third-order valence-corrected chi connectivity index (χ3v) is 14.6. The average Bonchev–Trinajstić information content (AvgIpc) is 4.15. The van der Waals surface area contributed by atoms with Gasteiger partial charge in [0.1, 0.15) is 0 Å². The predicted octanol–water partition coefficient (Wildman–Crippen LogP) is 3.66. The van der Waals surface area contributed by atoms with Crippen molar-refractivity contribution in [1.82, 2.24) is 48.8 Å². The molecule has 6 N–H and O–H groups in total. The van der Waals surface area contributed by atoms with Crippen molar-refractivity contribution in [2.75, 3.05) is 57.3 Å². The van der Waals surface area contributed by atoms with E-state index in [1.54, 1.807) is 73.2 Å². The second kappa shape index (κ2) is 24.4. The van der Waals surface area contributed by atoms with Crippen LogP contribution in [-0.4, -0.2) is 155 Å². The van der Waals surface area contributed by atoms with Gasteiger partial charge in [0.05, 0.1) is 80.0 Å². The standard InChI is InChI=1S/2C19H21N7O.C18H19N7O/c20-11-14-5-1-2-6-15(14)12-26-18(24-9-3-7-16(21)13-24)23-17-22-8-4-10-25(17)19(26)27;20-10-14-4-1-2-5-15(14)12-26-18(24-8-3-6-16(21)13-24)23-17-11-22-7-9-25(17)19(26)27;19-10-13-4-1-2-5-14(13)11-24-17(26)16-7-8-21-25(16)22-18(24)23-9-3-6-15(20)12-23/h1-2,4-6,8,16H,3,7,9-10,12-13,21H2;1-2,4-5,7,11,16H,3,6,8-9,12-13,21H2;1-2,4-5,7-8,15H,3,6,9,11-12,20H2. The van der Waals surface area contributed by atoms with E-state index >= 15 is 0 Å². The fraction of sp³-hybridized carbons (Fsp3) is 0.357. The van der Waals surface area contributed by atoms with Crippen molar-refractivity contribution >= 4 is 47.6 Å². The highest BCUT2D eigenvalue weighted by Crippen LogP contribution is 2.27. The van der Waals surface area contributed by atoms with Crippen LogP contribution in [0.5, 0.6) is 0 Å². The Morgan fingerprint density at radius 2 is 1.11 bits per heavy atom. The lowest BCUT2D eigenvalue weighted by molar-refractivity contribution is 0.174. The van der Waals surface area contributed by atoms with E-state index in [1.165, 1.54) is 4.63 Å². The minimum atomic E-state index is -0.185. The first-order chi connectivity index (χ1) is 39.0. The molecule has 3 fully saturated rings. The van der Waals surface area contributed by atoms with Gasteiger partial charge in [-0.05, 0) is 85.6 Å². The van der Waals surface area contributed by atoms with Crippen molar-refractivity contribution in [1.29, 1.82) is 15.8 Å². The zero-order valence-corrected chi connectivity index (χ0v) is 44.2. The molecule has 0 bridgehead atoms. The normalized spacial score (nSPS) is 20.6. The molecule has 3 unspecified atom stereocenters. The van der Waals surface area contributed by atoms with Crippen LogP contribution in [0.15, 0.2) is 134 Å². The van der Waals surface area contributed by atoms with Crippen molar-refractivity contribution in [2.24, 2.45) is 37.2 Å². The van der Waals surface area contributed by atoms with Crippen LogP contribution in [-0.2, 0) is 19.6 Å². The number of nitrogens with two attached hydrogens (primary N) is 3. The highest BCUT2D eigenvalue weighted by molar-refractivity contribution is 6.13. The number of nitrogens with zero attached hydrogens (tertiary/aromatic N) is 18. The summed E-state index contributed by atoms with van der Waals surface area (Å²) in [6.07, 6.45) is 14.1. The van der Waals surface area contributed by atoms with E-state index in [9.17, 15) is 30.2 Å². The molecule has 0 aliphatic carbocycles. The molecule has 7 aliphatic rings. The second-order valence-electron chi connectivity index (χ2n) is 20.2. The number of carbonyl (C=O) groups is 2. The SMILES string of the molecule is N#Cc1ccccc1CN1C(=O)N2CC=CN=C2N=C1N1CCCC(N)C1.N#Cc1ccccc1CN1C(=O)N2CC=NC=C2N=C1N1CCCC(N)C1.N#Cc1ccccc1Cn1c(N2CCCC(N)C2)nn2nccc2c1=O. The number of guanidine groups is 3. The number of likely N-dealkylation sites (tertiary alicyclic amines) is 2. The summed E-state index contributed by atoms with van der Waals surface area (Å²) in [6.45, 7) is 5.97. The predicted molar refractivity (Wildman–Crippen MR) is 300 cm³/mol. The summed E-state index contributed by atoms with van der Waals surface area (Å²) in [5, 5.41) is 36.8. The van der Waals surface area contributed by atoms with Crippen molar-refractivity contribution in [3.63, 3.8) is 0 Å². The first-order valence-electron chi connectivity index (χ1n) is 26.7. The number of piperidine rings is 3. The largest absolute Gasteiger partial charge is 0.341 e. The Bertz CT molecular complexity index is 3390. The molecular formula is C56H61N21O3. The molecule has 3 aromatic carbocycles. The lowest BCUT2D eigenvalue weighted by Crippen LogP contribution is -2.60. The molecule has 2 aromatic heterocycles. The van der Waals surface area contributed by atoms with Gasteiger partial charge in [-0.25, -0.2) is 14.6 Å². The van der Waals surface area contributed by atoms with Gasteiger partial charge < -0.3 is 31.9 Å². The number of fused-ring (bicyclic) bond motifs is 3. The molecule has 0 saturated carbocycles. The molecule has 3 saturated heterocycles. The number of rotatable bonds is 7. The fourth-order valence-corrected chi connectivity index (χ4v) is 10.6. The zero-order valence-electron chi connectivity index (χ0n) is 44.2. The Morgan fingerprint density at radius 3 is 1.68 bits per heavy atom. The number of urea groups is 2. The quantitative estimate of drug-likeness (QED) is 0.210. The number of hydrogen-bond donors (Lipinski definition) is 3. The van der Waals surface area contributed by atoms with Crippen LogP contribution in [0.3, 0.4) is 0 Å². The molecule has 408 valence electrons. The van der Waals surface area contributed by atoms with Crippen molar-refractivity contribution in [3.05, 3.63) is 153 Å². The average molecular weight is 1080 g/mol. The molecule has 80 heavy (non-hydrogen) atoms. The van der Waals surface area contributed by atoms with Crippen molar-refractivity contribution in [2.45, 2.75) is 76.3 Å². The highest BCUT2D eigenvalue weighted by Gasteiger charge is 2.39. The molecular weight excluding hydrogens is 1010 g/mol. The number of nitriles is 3. The van der Waals surface area contributed by atoms with Crippen molar-refractivity contribution in [3.8, 4) is 18.2 Å². The van der Waals surface area contributed by atoms with E-state index in [-0.39, 0.29) is 55.4 Å². The minimum absolute atomic E-state index is 0.0498. The van der Waals surface area contributed by atoms with E-state index in [2.05, 4.69) is 53.2 Å². The van der Waals surface area contributed by atoms with Crippen LogP contribution in [0.4, 0.5) is 15.5 Å². The van der Waals surface area contributed by atoms with Gasteiger partial charge in [-0.3, -0.25) is 34.0 Å². The number of amides is 4. The van der Waals surface area contributed by atoms with Gasteiger partial charge >= 0.3 is 12.1 Å². The molecule has 5 aromatic rings. The van der Waals surface area contributed by atoms with Gasteiger partial charge in [0.15, 0.2) is 11.3 Å². The Morgan fingerprint density at radius 1 is 0.600 bits per heavy atom. The maximum atomic E-state index is 13.2. The summed E-state index contributed by atoms with van der Waals surface area (Å²) in [6, 6.07) is 30.0. The Hall–Kier alpha value is -9.54. The topological polar surface area (TPSA) is 308 Å². The van der Waals surface area contributed by atoms with Crippen LogP contribution < -0.4 is 27.7 Å². The maximum absolute atomic E-state index is 13.2. The van der Waals surface area contributed by atoms with Gasteiger partial charge in [0.2, 0.25) is 23.8 Å². The second-order valence-corrected chi connectivity index (χ2v) is 20.2. The fourth-order valence-electron chi connectivity index (χ4n) is 10.6. The van der Waals surface area contributed by atoms with Crippen LogP contribution in [0.2, 0.25) is 0 Å². The number of aromatic nitrogens is 4. The van der Waals surface area contributed by atoms with Gasteiger partial charge in [0, 0.05) is 69.8 Å². The summed E-state index contributed by atoms with van der Waals surface area (Å²) < 4.78 is 2.98. The zero-order chi connectivity index (χ0) is 55.7. The monoisotopic (exact) mass is 1080 g/mol. The molecule has 12 rings (SSSR count).